The number of hydrogen-bond acceptors (Lipinski definition) is 4. The average molecular weight is 395 g/mol. The van der Waals surface area contributed by atoms with Gasteiger partial charge in [-0.25, -0.2) is 0 Å². The van der Waals surface area contributed by atoms with Crippen molar-refractivity contribution >= 4 is 34.6 Å². The van der Waals surface area contributed by atoms with Crippen LogP contribution >= 0.6 is 11.6 Å². The van der Waals surface area contributed by atoms with Gasteiger partial charge in [0.25, 0.3) is 5.91 Å². The molecule has 0 saturated carbocycles. The van der Waals surface area contributed by atoms with Gasteiger partial charge in [-0.15, -0.1) is 0 Å². The normalized spacial score (nSPS) is 27.0. The standard InChI is InChI=1S/C22H23ClN4O/c1-15-22(21(28)27(24-15)18-6-4-3-5-7-18)13-16-8-9-17(23)12-19(16)26-11-10-25(2)14-20(22)26/h3-9,12,20H,10-11,13-14H2,1-2H3/t20-,22-/m1/s1. The first-order valence-corrected chi connectivity index (χ1v) is 10.1. The van der Waals surface area contributed by atoms with Crippen molar-refractivity contribution in [2.45, 2.75) is 19.4 Å². The molecule has 6 heteroatoms. The van der Waals surface area contributed by atoms with Crippen LogP contribution in [0.25, 0.3) is 0 Å². The second-order valence-electron chi connectivity index (χ2n) is 8.03. The molecular weight excluding hydrogens is 372 g/mol. The van der Waals surface area contributed by atoms with E-state index in [1.165, 1.54) is 5.56 Å². The average Bonchev–Trinajstić information content (AvgIpc) is 2.95. The number of fused-ring (bicyclic) bond motifs is 4. The molecule has 0 N–H and O–H groups in total. The maximum Gasteiger partial charge on any atom is 0.261 e. The zero-order valence-electron chi connectivity index (χ0n) is 16.1. The molecule has 0 aliphatic carbocycles. The van der Waals surface area contributed by atoms with E-state index in [1.54, 1.807) is 5.01 Å². The Labute approximate surface area is 170 Å². The molecule has 3 aliphatic heterocycles. The van der Waals surface area contributed by atoms with E-state index in [2.05, 4.69) is 22.9 Å². The number of carbonyl (C=O) groups excluding carboxylic acids is 1. The summed E-state index contributed by atoms with van der Waals surface area (Å²) < 4.78 is 0. The van der Waals surface area contributed by atoms with Gasteiger partial charge in [-0.2, -0.15) is 10.1 Å². The summed E-state index contributed by atoms with van der Waals surface area (Å²) in [5.41, 5.74) is 3.40. The Balaban J connectivity index is 1.65. The van der Waals surface area contributed by atoms with Crippen molar-refractivity contribution in [3.05, 3.63) is 59.1 Å². The predicted molar refractivity (Wildman–Crippen MR) is 113 cm³/mol. The molecule has 0 radical (unpaired) electrons. The second kappa shape index (κ2) is 6.33. The molecule has 28 heavy (non-hydrogen) atoms. The molecule has 3 heterocycles. The fourth-order valence-corrected chi connectivity index (χ4v) is 5.13. The molecule has 1 amide bonds. The summed E-state index contributed by atoms with van der Waals surface area (Å²) in [4.78, 5) is 18.6. The van der Waals surface area contributed by atoms with Crippen LogP contribution in [0.1, 0.15) is 12.5 Å². The van der Waals surface area contributed by atoms with E-state index in [0.29, 0.717) is 6.42 Å². The Morgan fingerprint density at radius 2 is 1.93 bits per heavy atom. The second-order valence-corrected chi connectivity index (χ2v) is 8.47. The number of amides is 1. The van der Waals surface area contributed by atoms with Crippen LogP contribution in [0, 0.1) is 5.41 Å². The monoisotopic (exact) mass is 394 g/mol. The van der Waals surface area contributed by atoms with Crippen LogP contribution in [0.2, 0.25) is 5.02 Å². The van der Waals surface area contributed by atoms with Gasteiger partial charge in [0.15, 0.2) is 0 Å². The fourth-order valence-electron chi connectivity index (χ4n) is 4.96. The summed E-state index contributed by atoms with van der Waals surface area (Å²) in [7, 11) is 2.12. The number of anilines is 2. The van der Waals surface area contributed by atoms with Crippen LogP contribution in [0.5, 0.6) is 0 Å². The molecule has 3 aliphatic rings. The summed E-state index contributed by atoms with van der Waals surface area (Å²) >= 11 is 6.31. The van der Waals surface area contributed by atoms with E-state index in [9.17, 15) is 4.79 Å². The topological polar surface area (TPSA) is 39.2 Å². The fraction of sp³-hybridized carbons (Fsp3) is 0.364. The number of hydrogen-bond donors (Lipinski definition) is 0. The maximum absolute atomic E-state index is 13.9. The quantitative estimate of drug-likeness (QED) is 0.743. The zero-order chi connectivity index (χ0) is 19.5. The molecule has 1 fully saturated rings. The lowest BCUT2D eigenvalue weighted by atomic mass is 9.67. The molecule has 0 aromatic heterocycles. The Hall–Kier alpha value is -2.37. The smallest absolute Gasteiger partial charge is 0.261 e. The van der Waals surface area contributed by atoms with Crippen LogP contribution < -0.4 is 9.91 Å². The highest BCUT2D eigenvalue weighted by molar-refractivity contribution is 6.31. The Morgan fingerprint density at radius 1 is 1.14 bits per heavy atom. The summed E-state index contributed by atoms with van der Waals surface area (Å²) in [6.45, 7) is 4.68. The van der Waals surface area contributed by atoms with Crippen molar-refractivity contribution in [3.63, 3.8) is 0 Å². The lowest BCUT2D eigenvalue weighted by Crippen LogP contribution is -2.66. The van der Waals surface area contributed by atoms with Crippen LogP contribution in [-0.2, 0) is 11.2 Å². The summed E-state index contributed by atoms with van der Waals surface area (Å²) in [5.74, 6) is 0.0714. The lowest BCUT2D eigenvalue weighted by Gasteiger charge is -2.52. The summed E-state index contributed by atoms with van der Waals surface area (Å²) in [5, 5.41) is 7.09. The van der Waals surface area contributed by atoms with Gasteiger partial charge >= 0.3 is 0 Å². The largest absolute Gasteiger partial charge is 0.364 e. The minimum Gasteiger partial charge on any atom is -0.364 e. The Morgan fingerprint density at radius 3 is 2.71 bits per heavy atom. The van der Waals surface area contributed by atoms with Crippen molar-refractivity contribution in [2.24, 2.45) is 10.5 Å². The molecule has 0 unspecified atom stereocenters. The van der Waals surface area contributed by atoms with Crippen LogP contribution in [0.15, 0.2) is 53.6 Å². The van der Waals surface area contributed by atoms with Gasteiger partial charge in [0.2, 0.25) is 0 Å². The van der Waals surface area contributed by atoms with Crippen molar-refractivity contribution in [2.75, 3.05) is 36.6 Å². The number of piperazine rings is 1. The molecular formula is C22H23ClN4O. The van der Waals surface area contributed by atoms with Crippen LogP contribution in [0.3, 0.4) is 0 Å². The number of likely N-dealkylation sites (N-methyl/N-ethyl adjacent to an activating group) is 1. The SMILES string of the molecule is CC1=NN(c2ccccc2)C(=O)[C@]12Cc1ccc(Cl)cc1N1CCN(C)C[C@@H]12. The third kappa shape index (κ3) is 2.43. The number of benzene rings is 2. The van der Waals surface area contributed by atoms with Gasteiger partial charge in [-0.05, 0) is 50.2 Å². The molecule has 2 atom stereocenters. The van der Waals surface area contributed by atoms with Gasteiger partial charge in [-0.1, -0.05) is 35.9 Å². The minimum atomic E-state index is -0.647. The van der Waals surface area contributed by atoms with E-state index in [0.717, 1.165) is 41.7 Å². The highest BCUT2D eigenvalue weighted by Gasteiger charge is 2.59. The molecule has 1 saturated heterocycles. The van der Waals surface area contributed by atoms with Gasteiger partial charge in [0.1, 0.15) is 5.41 Å². The number of hydrazone groups is 1. The van der Waals surface area contributed by atoms with Gasteiger partial charge in [-0.3, -0.25) is 4.79 Å². The third-order valence-corrected chi connectivity index (χ3v) is 6.68. The van der Waals surface area contributed by atoms with Gasteiger partial charge < -0.3 is 9.80 Å². The molecule has 5 nitrogen and oxygen atoms in total. The minimum absolute atomic E-state index is 0.0437. The van der Waals surface area contributed by atoms with E-state index in [4.69, 9.17) is 16.7 Å². The summed E-state index contributed by atoms with van der Waals surface area (Å²) in [6, 6.07) is 15.8. The Kier molecular flexibility index (Phi) is 4.00. The van der Waals surface area contributed by atoms with E-state index < -0.39 is 5.41 Å². The first-order chi connectivity index (χ1) is 13.5. The number of carbonyl (C=O) groups is 1. The molecule has 2 aromatic carbocycles. The van der Waals surface area contributed by atoms with Crippen LogP contribution in [-0.4, -0.2) is 49.2 Å². The molecule has 1 spiro atoms. The number of halogens is 1. The van der Waals surface area contributed by atoms with Crippen LogP contribution in [0.4, 0.5) is 11.4 Å². The van der Waals surface area contributed by atoms with Crippen molar-refractivity contribution in [1.29, 1.82) is 0 Å². The highest BCUT2D eigenvalue weighted by Crippen LogP contribution is 2.48. The number of nitrogens with zero attached hydrogens (tertiary/aromatic N) is 4. The molecule has 5 rings (SSSR count). The van der Waals surface area contributed by atoms with Crippen molar-refractivity contribution in [3.8, 4) is 0 Å². The van der Waals surface area contributed by atoms with Crippen molar-refractivity contribution < 1.29 is 4.79 Å². The van der Waals surface area contributed by atoms with E-state index in [-0.39, 0.29) is 11.9 Å². The number of para-hydroxylation sites is 1. The maximum atomic E-state index is 13.9. The zero-order valence-corrected chi connectivity index (χ0v) is 16.9. The van der Waals surface area contributed by atoms with E-state index in [1.807, 2.05) is 49.4 Å². The molecule has 2 aromatic rings. The first kappa shape index (κ1) is 17.7. The highest BCUT2D eigenvalue weighted by atomic mass is 35.5. The first-order valence-electron chi connectivity index (χ1n) is 9.69. The number of rotatable bonds is 1. The third-order valence-electron chi connectivity index (χ3n) is 6.45. The van der Waals surface area contributed by atoms with E-state index >= 15 is 0 Å². The van der Waals surface area contributed by atoms with Crippen molar-refractivity contribution in [1.82, 2.24) is 4.90 Å². The summed E-state index contributed by atoms with van der Waals surface area (Å²) in [6.07, 6.45) is 0.659. The Bertz CT molecular complexity index is 976. The molecule has 144 valence electrons. The predicted octanol–water partition coefficient (Wildman–Crippen LogP) is 3.43. The van der Waals surface area contributed by atoms with Gasteiger partial charge in [0, 0.05) is 30.3 Å². The molecule has 0 bridgehead atoms. The van der Waals surface area contributed by atoms with Gasteiger partial charge in [0.05, 0.1) is 17.4 Å². The lowest BCUT2D eigenvalue weighted by molar-refractivity contribution is -0.125.